The molecule has 76 valence electrons. The van der Waals surface area contributed by atoms with Crippen LogP contribution in [0.15, 0.2) is 0 Å². The number of carbonyl (C=O) groups is 1. The highest BCUT2D eigenvalue weighted by Gasteiger charge is 2.15. The summed E-state index contributed by atoms with van der Waals surface area (Å²) in [5, 5.41) is 0. The number of hydrogen-bond acceptors (Lipinski definition) is 2. The van der Waals surface area contributed by atoms with Crippen molar-refractivity contribution in [2.75, 3.05) is 19.6 Å². The Morgan fingerprint density at radius 3 is 2.85 bits per heavy atom. The second-order valence-electron chi connectivity index (χ2n) is 3.69. The van der Waals surface area contributed by atoms with Crippen LogP contribution >= 0.6 is 0 Å². The van der Waals surface area contributed by atoms with E-state index in [1.807, 2.05) is 4.90 Å². The number of carbonyl (C=O) groups excluding carboxylic acids is 1. The standard InChI is InChI=1S/C10H20N2O/c11-7-3-5-9-12-8-4-1-2-6-10(12)13/h1-9,11H2. The molecular weight excluding hydrogens is 164 g/mol. The van der Waals surface area contributed by atoms with Gasteiger partial charge in [-0.25, -0.2) is 0 Å². The summed E-state index contributed by atoms with van der Waals surface area (Å²) in [4.78, 5) is 13.5. The van der Waals surface area contributed by atoms with Gasteiger partial charge in [-0.05, 0) is 32.2 Å². The van der Waals surface area contributed by atoms with Crippen LogP contribution in [0.5, 0.6) is 0 Å². The summed E-state index contributed by atoms with van der Waals surface area (Å²) >= 11 is 0. The van der Waals surface area contributed by atoms with Crippen molar-refractivity contribution in [3.05, 3.63) is 0 Å². The minimum atomic E-state index is 0.342. The van der Waals surface area contributed by atoms with Crippen LogP contribution in [0.25, 0.3) is 0 Å². The molecule has 1 aliphatic rings. The largest absolute Gasteiger partial charge is 0.343 e. The van der Waals surface area contributed by atoms with E-state index in [0.29, 0.717) is 5.91 Å². The molecule has 0 aromatic heterocycles. The zero-order valence-corrected chi connectivity index (χ0v) is 8.30. The third-order valence-corrected chi connectivity index (χ3v) is 2.55. The van der Waals surface area contributed by atoms with Crippen molar-refractivity contribution in [3.8, 4) is 0 Å². The Morgan fingerprint density at radius 1 is 1.23 bits per heavy atom. The van der Waals surface area contributed by atoms with Gasteiger partial charge in [0.2, 0.25) is 5.91 Å². The lowest BCUT2D eigenvalue weighted by Crippen LogP contribution is -2.31. The van der Waals surface area contributed by atoms with Gasteiger partial charge in [0.25, 0.3) is 0 Å². The van der Waals surface area contributed by atoms with Gasteiger partial charge < -0.3 is 10.6 Å². The molecule has 1 aliphatic heterocycles. The van der Waals surface area contributed by atoms with E-state index in [1.165, 1.54) is 12.8 Å². The fourth-order valence-electron chi connectivity index (χ4n) is 1.72. The average Bonchev–Trinajstić information content (AvgIpc) is 2.32. The lowest BCUT2D eigenvalue weighted by Gasteiger charge is -2.19. The molecule has 1 fully saturated rings. The zero-order valence-electron chi connectivity index (χ0n) is 8.30. The molecule has 0 radical (unpaired) electrons. The van der Waals surface area contributed by atoms with Gasteiger partial charge >= 0.3 is 0 Å². The second-order valence-corrected chi connectivity index (χ2v) is 3.69. The molecule has 1 heterocycles. The lowest BCUT2D eigenvalue weighted by atomic mass is 10.2. The van der Waals surface area contributed by atoms with E-state index in [2.05, 4.69) is 0 Å². The average molecular weight is 184 g/mol. The molecule has 0 unspecified atom stereocenters. The third kappa shape index (κ3) is 3.77. The Hall–Kier alpha value is -0.570. The molecule has 0 aromatic rings. The van der Waals surface area contributed by atoms with Gasteiger partial charge in [0.15, 0.2) is 0 Å². The topological polar surface area (TPSA) is 46.3 Å². The van der Waals surface area contributed by atoms with Crippen LogP contribution in [0.4, 0.5) is 0 Å². The Kier molecular flexibility index (Phi) is 4.83. The number of nitrogens with zero attached hydrogens (tertiary/aromatic N) is 1. The van der Waals surface area contributed by atoms with Crippen molar-refractivity contribution >= 4 is 5.91 Å². The summed E-state index contributed by atoms with van der Waals surface area (Å²) in [6.07, 6.45) is 6.30. The van der Waals surface area contributed by atoms with Crippen LogP contribution in [0.3, 0.4) is 0 Å². The first kappa shape index (κ1) is 10.5. The summed E-state index contributed by atoms with van der Waals surface area (Å²) in [5.74, 6) is 0.342. The van der Waals surface area contributed by atoms with Crippen molar-refractivity contribution < 1.29 is 4.79 Å². The van der Waals surface area contributed by atoms with Crippen LogP contribution in [0.1, 0.15) is 38.5 Å². The molecule has 0 aliphatic carbocycles. The molecule has 0 saturated carbocycles. The molecule has 3 nitrogen and oxygen atoms in total. The van der Waals surface area contributed by atoms with Crippen molar-refractivity contribution in [1.29, 1.82) is 0 Å². The number of amides is 1. The SMILES string of the molecule is NCCCCN1CCCCCC1=O. The Morgan fingerprint density at radius 2 is 2.08 bits per heavy atom. The van der Waals surface area contributed by atoms with Gasteiger partial charge in [-0.15, -0.1) is 0 Å². The van der Waals surface area contributed by atoms with Gasteiger partial charge in [0.05, 0.1) is 0 Å². The predicted molar refractivity (Wildman–Crippen MR) is 53.3 cm³/mol. The van der Waals surface area contributed by atoms with E-state index in [0.717, 1.165) is 45.3 Å². The summed E-state index contributed by atoms with van der Waals surface area (Å²) in [5.41, 5.74) is 5.41. The Balaban J connectivity index is 2.24. The Bertz CT molecular complexity index is 159. The van der Waals surface area contributed by atoms with Crippen molar-refractivity contribution in [2.24, 2.45) is 5.73 Å². The van der Waals surface area contributed by atoms with Gasteiger partial charge in [-0.3, -0.25) is 4.79 Å². The molecule has 0 aromatic carbocycles. The molecule has 13 heavy (non-hydrogen) atoms. The smallest absolute Gasteiger partial charge is 0.222 e. The number of likely N-dealkylation sites (tertiary alicyclic amines) is 1. The predicted octanol–water partition coefficient (Wildman–Crippen LogP) is 1.13. The zero-order chi connectivity index (χ0) is 9.52. The van der Waals surface area contributed by atoms with Crippen LogP contribution in [-0.2, 0) is 4.79 Å². The first-order valence-corrected chi connectivity index (χ1v) is 5.32. The maximum absolute atomic E-state index is 11.5. The number of hydrogen-bond donors (Lipinski definition) is 1. The maximum atomic E-state index is 11.5. The first-order valence-electron chi connectivity index (χ1n) is 5.32. The molecule has 1 amide bonds. The monoisotopic (exact) mass is 184 g/mol. The molecule has 0 bridgehead atoms. The number of nitrogens with two attached hydrogens (primary N) is 1. The van der Waals surface area contributed by atoms with E-state index in [-0.39, 0.29) is 0 Å². The van der Waals surface area contributed by atoms with Crippen molar-refractivity contribution in [2.45, 2.75) is 38.5 Å². The second kappa shape index (κ2) is 5.97. The van der Waals surface area contributed by atoms with E-state index in [4.69, 9.17) is 5.73 Å². The quantitative estimate of drug-likeness (QED) is 0.666. The molecule has 1 rings (SSSR count). The summed E-state index contributed by atoms with van der Waals surface area (Å²) in [6.45, 7) is 2.61. The highest BCUT2D eigenvalue weighted by molar-refractivity contribution is 5.76. The summed E-state index contributed by atoms with van der Waals surface area (Å²) in [7, 11) is 0. The molecular formula is C10H20N2O. The molecule has 3 heteroatoms. The highest BCUT2D eigenvalue weighted by atomic mass is 16.2. The molecule has 0 atom stereocenters. The van der Waals surface area contributed by atoms with E-state index in [1.54, 1.807) is 0 Å². The fraction of sp³-hybridized carbons (Fsp3) is 0.900. The van der Waals surface area contributed by atoms with E-state index in [9.17, 15) is 4.79 Å². The van der Waals surface area contributed by atoms with Gasteiger partial charge in [0, 0.05) is 19.5 Å². The number of unbranched alkanes of at least 4 members (excludes halogenated alkanes) is 1. The van der Waals surface area contributed by atoms with Crippen LogP contribution in [0.2, 0.25) is 0 Å². The fourth-order valence-corrected chi connectivity index (χ4v) is 1.72. The molecule has 1 saturated heterocycles. The van der Waals surface area contributed by atoms with Gasteiger partial charge in [-0.1, -0.05) is 6.42 Å². The lowest BCUT2D eigenvalue weighted by molar-refractivity contribution is -0.130. The van der Waals surface area contributed by atoms with Crippen LogP contribution < -0.4 is 5.73 Å². The minimum absolute atomic E-state index is 0.342. The maximum Gasteiger partial charge on any atom is 0.222 e. The highest BCUT2D eigenvalue weighted by Crippen LogP contribution is 2.11. The van der Waals surface area contributed by atoms with E-state index < -0.39 is 0 Å². The minimum Gasteiger partial charge on any atom is -0.343 e. The van der Waals surface area contributed by atoms with Gasteiger partial charge in [-0.2, -0.15) is 0 Å². The van der Waals surface area contributed by atoms with Crippen LogP contribution in [-0.4, -0.2) is 30.4 Å². The first-order chi connectivity index (χ1) is 6.34. The number of rotatable bonds is 4. The molecule has 0 spiro atoms. The van der Waals surface area contributed by atoms with Crippen LogP contribution in [0, 0.1) is 0 Å². The van der Waals surface area contributed by atoms with Gasteiger partial charge in [0.1, 0.15) is 0 Å². The summed E-state index contributed by atoms with van der Waals surface area (Å²) < 4.78 is 0. The normalized spacial score (nSPS) is 18.8. The Labute approximate surface area is 80.3 Å². The molecule has 2 N–H and O–H groups in total. The van der Waals surface area contributed by atoms with E-state index >= 15 is 0 Å². The summed E-state index contributed by atoms with van der Waals surface area (Å²) in [6, 6.07) is 0. The third-order valence-electron chi connectivity index (χ3n) is 2.55. The van der Waals surface area contributed by atoms with Crippen molar-refractivity contribution in [3.63, 3.8) is 0 Å². The van der Waals surface area contributed by atoms with Crippen molar-refractivity contribution in [1.82, 2.24) is 4.90 Å².